The third-order valence-corrected chi connectivity index (χ3v) is 7.90. The van der Waals surface area contributed by atoms with Crippen LogP contribution in [0.5, 0.6) is 0 Å². The van der Waals surface area contributed by atoms with Crippen LogP contribution in [0.15, 0.2) is 66.7 Å². The van der Waals surface area contributed by atoms with Crippen molar-refractivity contribution in [1.29, 1.82) is 0 Å². The number of fused-ring (bicyclic) bond motifs is 2. The highest BCUT2D eigenvalue weighted by Gasteiger charge is 2.19. The molecule has 0 saturated carbocycles. The molecule has 0 aliphatic heterocycles. The molecule has 9 nitrogen and oxygen atoms in total. The highest BCUT2D eigenvalue weighted by molar-refractivity contribution is 7.20. The monoisotopic (exact) mass is 547 g/mol. The van der Waals surface area contributed by atoms with Crippen molar-refractivity contribution in [3.05, 3.63) is 76.8 Å². The Morgan fingerprint density at radius 2 is 1.03 bits per heavy atom. The zero-order valence-electron chi connectivity index (χ0n) is 17.9. The molecule has 0 fully saturated rings. The molecular formula is C23H11Cl2N9S2. The summed E-state index contributed by atoms with van der Waals surface area (Å²) < 4.78 is 3.38. The second-order valence-electron chi connectivity index (χ2n) is 7.62. The lowest BCUT2D eigenvalue weighted by atomic mass is 10.2. The third kappa shape index (κ3) is 3.47. The van der Waals surface area contributed by atoms with Crippen molar-refractivity contribution in [2.45, 2.75) is 0 Å². The summed E-state index contributed by atoms with van der Waals surface area (Å²) in [6.45, 7) is 0. The molecule has 0 spiro atoms. The van der Waals surface area contributed by atoms with Crippen molar-refractivity contribution in [1.82, 2.24) is 44.6 Å². The fourth-order valence-corrected chi connectivity index (χ4v) is 5.79. The van der Waals surface area contributed by atoms with Gasteiger partial charge in [-0.1, -0.05) is 76.2 Å². The number of nitrogens with zero attached hydrogens (tertiary/aromatic N) is 9. The van der Waals surface area contributed by atoms with E-state index >= 15 is 0 Å². The van der Waals surface area contributed by atoms with Gasteiger partial charge in [0.15, 0.2) is 21.7 Å². The van der Waals surface area contributed by atoms with Crippen LogP contribution in [0.2, 0.25) is 10.0 Å². The van der Waals surface area contributed by atoms with Crippen LogP contribution in [0.3, 0.4) is 0 Å². The van der Waals surface area contributed by atoms with Gasteiger partial charge < -0.3 is 0 Å². The molecule has 0 amide bonds. The SMILES string of the molecule is Clc1ccccc1-c1nnc2sc(-c3cccc(-c4nn5c(-c6ccccc6Cl)nnc5s4)n3)nn12. The van der Waals surface area contributed by atoms with E-state index in [1.54, 1.807) is 9.03 Å². The van der Waals surface area contributed by atoms with Gasteiger partial charge in [0.1, 0.15) is 11.4 Å². The quantitative estimate of drug-likeness (QED) is 0.264. The topological polar surface area (TPSA) is 99.0 Å². The molecule has 2 aromatic carbocycles. The molecule has 0 atom stereocenters. The molecule has 0 N–H and O–H groups in total. The van der Waals surface area contributed by atoms with E-state index in [1.165, 1.54) is 22.7 Å². The van der Waals surface area contributed by atoms with Crippen molar-refractivity contribution in [2.75, 3.05) is 0 Å². The smallest absolute Gasteiger partial charge is 0.235 e. The molecule has 0 aliphatic carbocycles. The summed E-state index contributed by atoms with van der Waals surface area (Å²) in [6, 6.07) is 20.7. The van der Waals surface area contributed by atoms with E-state index in [9.17, 15) is 0 Å². The van der Waals surface area contributed by atoms with Crippen molar-refractivity contribution >= 4 is 55.8 Å². The molecule has 0 bridgehead atoms. The maximum absolute atomic E-state index is 6.37. The Bertz CT molecular complexity index is 1770. The summed E-state index contributed by atoms with van der Waals surface area (Å²) in [5.74, 6) is 1.16. The lowest BCUT2D eigenvalue weighted by molar-refractivity contribution is 0.962. The number of hydrogen-bond acceptors (Lipinski definition) is 9. The van der Waals surface area contributed by atoms with Crippen LogP contribution in [-0.4, -0.2) is 44.6 Å². The second kappa shape index (κ2) is 8.42. The summed E-state index contributed by atoms with van der Waals surface area (Å²) in [5.41, 5.74) is 2.93. The summed E-state index contributed by atoms with van der Waals surface area (Å²) in [7, 11) is 0. The van der Waals surface area contributed by atoms with Crippen LogP contribution in [0.25, 0.3) is 54.1 Å². The average molecular weight is 548 g/mol. The van der Waals surface area contributed by atoms with Gasteiger partial charge in [-0.3, -0.25) is 0 Å². The molecule has 0 saturated heterocycles. The molecule has 36 heavy (non-hydrogen) atoms. The van der Waals surface area contributed by atoms with Gasteiger partial charge in [-0.2, -0.15) is 19.2 Å². The van der Waals surface area contributed by atoms with Crippen molar-refractivity contribution in [3.8, 4) is 44.2 Å². The molecule has 7 rings (SSSR count). The van der Waals surface area contributed by atoms with Gasteiger partial charge in [-0.25, -0.2) is 4.98 Å². The standard InChI is InChI=1S/C23H11Cl2N9S2/c24-14-8-3-1-6-12(14)18-27-29-22-33(18)31-20(35-22)16-10-5-11-17(26-16)21-32-34-19(28-30-23(34)36-21)13-7-2-4-9-15(13)25/h1-11H. The van der Waals surface area contributed by atoms with Gasteiger partial charge in [0.05, 0.1) is 10.0 Å². The number of hydrogen-bond donors (Lipinski definition) is 0. The minimum atomic E-state index is 0.579. The van der Waals surface area contributed by atoms with Gasteiger partial charge in [0.25, 0.3) is 0 Å². The van der Waals surface area contributed by atoms with Gasteiger partial charge >= 0.3 is 0 Å². The maximum Gasteiger partial charge on any atom is 0.235 e. The zero-order chi connectivity index (χ0) is 24.2. The molecule has 5 heterocycles. The predicted octanol–water partition coefficient (Wildman–Crippen LogP) is 6.05. The first-order chi connectivity index (χ1) is 17.7. The molecule has 7 aromatic rings. The summed E-state index contributed by atoms with van der Waals surface area (Å²) >= 11 is 15.5. The Balaban J connectivity index is 1.28. The largest absolute Gasteiger partial charge is 0.243 e. The van der Waals surface area contributed by atoms with Crippen molar-refractivity contribution < 1.29 is 0 Å². The fourth-order valence-electron chi connectivity index (χ4n) is 3.73. The van der Waals surface area contributed by atoms with Crippen LogP contribution in [0.4, 0.5) is 0 Å². The first-order valence-corrected chi connectivity index (χ1v) is 13.0. The minimum Gasteiger partial charge on any atom is -0.243 e. The first-order valence-electron chi connectivity index (χ1n) is 10.6. The van der Waals surface area contributed by atoms with E-state index in [1.807, 2.05) is 66.7 Å². The fraction of sp³-hybridized carbons (Fsp3) is 0. The number of benzene rings is 2. The second-order valence-corrected chi connectivity index (χ2v) is 10.3. The van der Waals surface area contributed by atoms with E-state index in [4.69, 9.17) is 38.4 Å². The van der Waals surface area contributed by atoms with Crippen molar-refractivity contribution in [3.63, 3.8) is 0 Å². The van der Waals surface area contributed by atoms with Crippen LogP contribution in [-0.2, 0) is 0 Å². The lowest BCUT2D eigenvalue weighted by Crippen LogP contribution is -1.94. The van der Waals surface area contributed by atoms with Gasteiger partial charge in [-0.15, -0.1) is 20.4 Å². The number of halogens is 2. The molecular weight excluding hydrogens is 537 g/mol. The van der Waals surface area contributed by atoms with E-state index in [-0.39, 0.29) is 0 Å². The number of rotatable bonds is 4. The van der Waals surface area contributed by atoms with E-state index in [0.29, 0.717) is 53.0 Å². The Hall–Kier alpha value is -3.77. The van der Waals surface area contributed by atoms with Gasteiger partial charge in [0, 0.05) is 11.1 Å². The maximum atomic E-state index is 6.37. The molecule has 0 unspecified atom stereocenters. The first kappa shape index (κ1) is 21.5. The minimum absolute atomic E-state index is 0.579. The van der Waals surface area contributed by atoms with Crippen LogP contribution < -0.4 is 0 Å². The van der Waals surface area contributed by atoms with Crippen molar-refractivity contribution in [2.24, 2.45) is 0 Å². The normalized spacial score (nSPS) is 11.6. The predicted molar refractivity (Wildman–Crippen MR) is 140 cm³/mol. The molecule has 0 aliphatic rings. The lowest BCUT2D eigenvalue weighted by Gasteiger charge is -2.01. The molecule has 174 valence electrons. The van der Waals surface area contributed by atoms with Crippen LogP contribution in [0, 0.1) is 0 Å². The van der Waals surface area contributed by atoms with E-state index in [0.717, 1.165) is 11.1 Å². The van der Waals surface area contributed by atoms with Crippen LogP contribution >= 0.6 is 45.9 Å². The summed E-state index contributed by atoms with van der Waals surface area (Å²) in [6.07, 6.45) is 0. The van der Waals surface area contributed by atoms with Gasteiger partial charge in [-0.05, 0) is 36.4 Å². The van der Waals surface area contributed by atoms with Crippen LogP contribution in [0.1, 0.15) is 0 Å². The average Bonchev–Trinajstić information content (AvgIpc) is 3.66. The Morgan fingerprint density at radius 1 is 0.556 bits per heavy atom. The number of pyridine rings is 1. The summed E-state index contributed by atoms with van der Waals surface area (Å²) in [5, 5.41) is 29.1. The van der Waals surface area contributed by atoms with E-state index in [2.05, 4.69) is 20.4 Å². The van der Waals surface area contributed by atoms with Gasteiger partial charge in [0.2, 0.25) is 9.92 Å². The molecule has 0 radical (unpaired) electrons. The summed E-state index contributed by atoms with van der Waals surface area (Å²) in [4.78, 5) is 6.12. The Morgan fingerprint density at radius 3 is 1.50 bits per heavy atom. The van der Waals surface area contributed by atoms with E-state index < -0.39 is 0 Å². The number of aromatic nitrogens is 9. The Labute approximate surface area is 220 Å². The Kier molecular flexibility index (Phi) is 5.03. The zero-order valence-corrected chi connectivity index (χ0v) is 21.1. The third-order valence-electron chi connectivity index (χ3n) is 5.40. The molecule has 13 heteroatoms. The molecule has 5 aromatic heterocycles. The highest BCUT2D eigenvalue weighted by Crippen LogP contribution is 2.33. The highest BCUT2D eigenvalue weighted by atomic mass is 35.5.